The maximum absolute atomic E-state index is 9.12. The maximum Gasteiger partial charge on any atom is 0.139 e. The molecule has 0 spiro atoms. The highest BCUT2D eigenvalue weighted by atomic mass is 14.9. The molecule has 3 heteroatoms. The van der Waals surface area contributed by atoms with E-state index in [2.05, 4.69) is 42.2 Å². The van der Waals surface area contributed by atoms with Gasteiger partial charge in [0.1, 0.15) is 5.65 Å². The van der Waals surface area contributed by atoms with Gasteiger partial charge >= 0.3 is 0 Å². The van der Waals surface area contributed by atoms with E-state index >= 15 is 0 Å². The Hall–Kier alpha value is -3.64. The largest absolute Gasteiger partial charge is 0.339 e. The number of rotatable bonds is 1. The van der Waals surface area contributed by atoms with E-state index in [-0.39, 0.29) is 0 Å². The van der Waals surface area contributed by atoms with Gasteiger partial charge in [0.25, 0.3) is 0 Å². The van der Waals surface area contributed by atoms with Crippen LogP contribution in [0.4, 0.5) is 0 Å². The molecule has 2 heterocycles. The van der Waals surface area contributed by atoms with Crippen LogP contribution in [0.1, 0.15) is 11.1 Å². The van der Waals surface area contributed by atoms with Crippen LogP contribution in [0.25, 0.3) is 44.0 Å². The Morgan fingerprint density at radius 2 is 1.73 bits per heavy atom. The Morgan fingerprint density at radius 3 is 2.54 bits per heavy atom. The maximum atomic E-state index is 9.12. The first kappa shape index (κ1) is 14.7. The molecule has 0 unspecified atom stereocenters. The number of benzene rings is 3. The first-order valence-corrected chi connectivity index (χ1v) is 8.56. The first-order chi connectivity index (χ1) is 12.7. The van der Waals surface area contributed by atoms with E-state index in [4.69, 9.17) is 10.2 Å². The summed E-state index contributed by atoms with van der Waals surface area (Å²) in [5, 5.41) is 12.5. The lowest BCUT2D eigenvalue weighted by molar-refractivity contribution is 1.40. The lowest BCUT2D eigenvalue weighted by atomic mass is 9.95. The van der Waals surface area contributed by atoms with E-state index in [1.807, 2.05) is 42.5 Å². The number of fused-ring (bicyclic) bond motifs is 4. The Labute approximate surface area is 150 Å². The molecule has 1 N–H and O–H groups in total. The second-order valence-electron chi connectivity index (χ2n) is 6.59. The summed E-state index contributed by atoms with van der Waals surface area (Å²) in [5.41, 5.74) is 7.08. The molecule has 0 aliphatic rings. The van der Waals surface area contributed by atoms with Crippen molar-refractivity contribution < 1.29 is 0 Å². The normalized spacial score (nSPS) is 11.2. The van der Waals surface area contributed by atoms with Crippen LogP contribution in [-0.2, 0) is 0 Å². The third-order valence-corrected chi connectivity index (χ3v) is 4.89. The molecule has 0 saturated carbocycles. The number of nitrogens with zero attached hydrogens (tertiary/aromatic N) is 2. The van der Waals surface area contributed by atoms with Crippen molar-refractivity contribution in [3.05, 3.63) is 77.9 Å². The SMILES string of the molecule is Cc1ccc2[nH]c3nc4ccccc4c(-c4ccc(C#N)cc4)c3c2c1. The Bertz CT molecular complexity index is 1340. The molecule has 0 atom stereocenters. The van der Waals surface area contributed by atoms with E-state index < -0.39 is 0 Å². The van der Waals surface area contributed by atoms with Crippen LogP contribution < -0.4 is 0 Å². The fourth-order valence-electron chi connectivity index (χ4n) is 3.68. The molecule has 5 aromatic rings. The highest BCUT2D eigenvalue weighted by molar-refractivity contribution is 6.19. The van der Waals surface area contributed by atoms with Gasteiger partial charge in [0.05, 0.1) is 17.1 Å². The van der Waals surface area contributed by atoms with Crippen LogP contribution in [0.2, 0.25) is 0 Å². The Balaban J connectivity index is 2.00. The molecular formula is C23H15N3. The average Bonchev–Trinajstić information content (AvgIpc) is 3.03. The Kier molecular flexibility index (Phi) is 3.07. The lowest BCUT2D eigenvalue weighted by Crippen LogP contribution is -1.88. The minimum atomic E-state index is 0.665. The van der Waals surface area contributed by atoms with Gasteiger partial charge in [-0.15, -0.1) is 0 Å². The molecule has 2 aromatic heterocycles. The van der Waals surface area contributed by atoms with Gasteiger partial charge in [-0.3, -0.25) is 0 Å². The fraction of sp³-hybridized carbons (Fsp3) is 0.0435. The van der Waals surface area contributed by atoms with Gasteiger partial charge in [0, 0.05) is 27.2 Å². The summed E-state index contributed by atoms with van der Waals surface area (Å²) in [4.78, 5) is 8.32. The molecule has 0 fully saturated rings. The molecule has 26 heavy (non-hydrogen) atoms. The van der Waals surface area contributed by atoms with Crippen LogP contribution >= 0.6 is 0 Å². The van der Waals surface area contributed by atoms with Crippen molar-refractivity contribution in [2.75, 3.05) is 0 Å². The number of para-hydroxylation sites is 1. The average molecular weight is 333 g/mol. The lowest BCUT2D eigenvalue weighted by Gasteiger charge is -2.09. The van der Waals surface area contributed by atoms with Gasteiger partial charge in [-0.05, 0) is 42.8 Å². The number of hydrogen-bond donors (Lipinski definition) is 1. The van der Waals surface area contributed by atoms with E-state index in [1.165, 1.54) is 10.9 Å². The quantitative estimate of drug-likeness (QED) is 0.427. The van der Waals surface area contributed by atoms with E-state index in [0.717, 1.165) is 38.6 Å². The van der Waals surface area contributed by atoms with E-state index in [9.17, 15) is 0 Å². The number of hydrogen-bond acceptors (Lipinski definition) is 2. The van der Waals surface area contributed by atoms with Crippen molar-refractivity contribution >= 4 is 32.8 Å². The van der Waals surface area contributed by atoms with Crippen LogP contribution in [0.3, 0.4) is 0 Å². The van der Waals surface area contributed by atoms with Crippen molar-refractivity contribution in [3.63, 3.8) is 0 Å². The van der Waals surface area contributed by atoms with E-state index in [1.54, 1.807) is 0 Å². The van der Waals surface area contributed by atoms with Gasteiger partial charge in [0.15, 0.2) is 0 Å². The minimum Gasteiger partial charge on any atom is -0.339 e. The summed E-state index contributed by atoms with van der Waals surface area (Å²) in [6, 6.07) is 24.6. The van der Waals surface area contributed by atoms with Gasteiger partial charge in [-0.25, -0.2) is 4.98 Å². The monoisotopic (exact) mass is 333 g/mol. The number of nitrogens with one attached hydrogen (secondary N) is 1. The van der Waals surface area contributed by atoms with Gasteiger partial charge in [0.2, 0.25) is 0 Å². The summed E-state index contributed by atoms with van der Waals surface area (Å²) in [5.74, 6) is 0. The van der Waals surface area contributed by atoms with Crippen molar-refractivity contribution in [1.82, 2.24) is 9.97 Å². The van der Waals surface area contributed by atoms with Crippen molar-refractivity contribution in [2.45, 2.75) is 6.92 Å². The Morgan fingerprint density at radius 1 is 0.923 bits per heavy atom. The smallest absolute Gasteiger partial charge is 0.139 e. The third-order valence-electron chi connectivity index (χ3n) is 4.89. The zero-order valence-electron chi connectivity index (χ0n) is 14.2. The molecule has 0 saturated heterocycles. The number of aryl methyl sites for hydroxylation is 1. The molecule has 0 radical (unpaired) electrons. The molecule has 5 rings (SSSR count). The van der Waals surface area contributed by atoms with Crippen LogP contribution in [0.15, 0.2) is 66.7 Å². The van der Waals surface area contributed by atoms with Crippen molar-refractivity contribution in [3.8, 4) is 17.2 Å². The summed E-state index contributed by atoms with van der Waals surface area (Å²) in [7, 11) is 0. The fourth-order valence-corrected chi connectivity index (χ4v) is 3.68. The molecule has 3 nitrogen and oxygen atoms in total. The molecule has 0 aliphatic carbocycles. The van der Waals surface area contributed by atoms with Gasteiger partial charge in [-0.2, -0.15) is 5.26 Å². The highest BCUT2D eigenvalue weighted by Gasteiger charge is 2.16. The predicted molar refractivity (Wildman–Crippen MR) is 106 cm³/mol. The van der Waals surface area contributed by atoms with Crippen molar-refractivity contribution in [1.29, 1.82) is 5.26 Å². The predicted octanol–water partition coefficient (Wildman–Crippen LogP) is 5.72. The molecule has 122 valence electrons. The number of nitriles is 1. The zero-order valence-corrected chi connectivity index (χ0v) is 14.2. The zero-order chi connectivity index (χ0) is 17.7. The summed E-state index contributed by atoms with van der Waals surface area (Å²) in [6.45, 7) is 2.11. The number of aromatic nitrogens is 2. The number of H-pyrrole nitrogens is 1. The molecular weight excluding hydrogens is 318 g/mol. The minimum absolute atomic E-state index is 0.665. The first-order valence-electron chi connectivity index (χ1n) is 8.56. The third kappa shape index (κ3) is 2.09. The second-order valence-corrected chi connectivity index (χ2v) is 6.59. The van der Waals surface area contributed by atoms with Crippen LogP contribution in [0.5, 0.6) is 0 Å². The second kappa shape index (κ2) is 5.44. The van der Waals surface area contributed by atoms with Gasteiger partial charge in [-0.1, -0.05) is 42.0 Å². The topological polar surface area (TPSA) is 52.5 Å². The highest BCUT2D eigenvalue weighted by Crippen LogP contribution is 2.39. The molecule has 0 bridgehead atoms. The molecule has 0 aliphatic heterocycles. The van der Waals surface area contributed by atoms with Gasteiger partial charge < -0.3 is 4.98 Å². The number of aromatic amines is 1. The number of pyridine rings is 1. The van der Waals surface area contributed by atoms with Crippen molar-refractivity contribution in [2.24, 2.45) is 0 Å². The molecule has 3 aromatic carbocycles. The van der Waals surface area contributed by atoms with Crippen LogP contribution in [0, 0.1) is 18.3 Å². The van der Waals surface area contributed by atoms with Crippen LogP contribution in [-0.4, -0.2) is 9.97 Å². The molecule has 0 amide bonds. The summed E-state index contributed by atoms with van der Waals surface area (Å²) >= 11 is 0. The standard InChI is InChI=1S/C23H15N3/c1-14-6-11-20-18(12-14)22-21(16-9-7-15(13-24)8-10-16)17-4-2-3-5-19(17)25-23(22)26-20/h2-12H,1H3,(H,25,26). The summed E-state index contributed by atoms with van der Waals surface area (Å²) < 4.78 is 0. The summed E-state index contributed by atoms with van der Waals surface area (Å²) in [6.07, 6.45) is 0. The van der Waals surface area contributed by atoms with E-state index in [0.29, 0.717) is 5.56 Å².